The highest BCUT2D eigenvalue weighted by molar-refractivity contribution is 5.68. The Labute approximate surface area is 179 Å². The van der Waals surface area contributed by atoms with E-state index in [0.717, 1.165) is 41.4 Å². The van der Waals surface area contributed by atoms with E-state index in [4.69, 9.17) is 4.84 Å². The molecule has 4 fully saturated rings. The van der Waals surface area contributed by atoms with E-state index in [-0.39, 0.29) is 0 Å². The van der Waals surface area contributed by atoms with Crippen molar-refractivity contribution >= 4 is 6.21 Å². The van der Waals surface area contributed by atoms with E-state index in [0.29, 0.717) is 16.9 Å². The minimum atomic E-state index is 0.395. The molecule has 1 spiro atoms. The summed E-state index contributed by atoms with van der Waals surface area (Å²) in [5.74, 6) is 6.47. The summed E-state index contributed by atoms with van der Waals surface area (Å²) in [6, 6.07) is 0. The first kappa shape index (κ1) is 20.4. The van der Waals surface area contributed by atoms with Crippen LogP contribution in [-0.2, 0) is 4.84 Å². The topological polar surface area (TPSA) is 21.6 Å². The van der Waals surface area contributed by atoms with Crippen molar-refractivity contribution in [2.24, 2.45) is 57.4 Å². The summed E-state index contributed by atoms with van der Waals surface area (Å²) >= 11 is 0. The van der Waals surface area contributed by atoms with Gasteiger partial charge in [-0.3, -0.25) is 0 Å². The summed E-state index contributed by atoms with van der Waals surface area (Å²) in [6.45, 7) is 10.1. The van der Waals surface area contributed by atoms with Gasteiger partial charge in [0.05, 0.1) is 6.21 Å². The van der Waals surface area contributed by atoms with E-state index in [2.05, 4.69) is 39.1 Å². The molecular formula is C27H45NO. The Hall–Kier alpha value is -0.530. The van der Waals surface area contributed by atoms with Crippen LogP contribution in [0.1, 0.15) is 105 Å². The van der Waals surface area contributed by atoms with Gasteiger partial charge in [-0.1, -0.05) is 52.1 Å². The number of nitrogens with zero attached hydrogens (tertiary/aromatic N) is 1. The molecule has 5 aliphatic rings. The lowest BCUT2D eigenvalue weighted by atomic mass is 9.44. The Balaban J connectivity index is 1.33. The van der Waals surface area contributed by atoms with Crippen LogP contribution in [0.15, 0.2) is 5.16 Å². The summed E-state index contributed by atoms with van der Waals surface area (Å²) in [7, 11) is 0. The maximum absolute atomic E-state index is 5.75. The van der Waals surface area contributed by atoms with Gasteiger partial charge in [0, 0.05) is 5.41 Å². The van der Waals surface area contributed by atoms with Crippen LogP contribution >= 0.6 is 0 Å². The molecule has 164 valence electrons. The molecule has 0 N–H and O–H groups in total. The van der Waals surface area contributed by atoms with E-state index >= 15 is 0 Å². The minimum absolute atomic E-state index is 0.395. The third kappa shape index (κ3) is 3.21. The fourth-order valence-corrected chi connectivity index (χ4v) is 9.52. The van der Waals surface area contributed by atoms with E-state index in [1.165, 1.54) is 77.0 Å². The van der Waals surface area contributed by atoms with Crippen molar-refractivity contribution in [1.29, 1.82) is 0 Å². The fourth-order valence-electron chi connectivity index (χ4n) is 9.52. The highest BCUT2D eigenvalue weighted by atomic mass is 16.6. The van der Waals surface area contributed by atoms with Crippen LogP contribution in [0.2, 0.25) is 0 Å². The Kier molecular flexibility index (Phi) is 5.31. The molecule has 4 saturated carbocycles. The average Bonchev–Trinajstić information content (AvgIpc) is 3.04. The molecule has 1 heterocycles. The minimum Gasteiger partial charge on any atom is -0.393 e. The van der Waals surface area contributed by atoms with Gasteiger partial charge in [0.25, 0.3) is 0 Å². The van der Waals surface area contributed by atoms with Crippen molar-refractivity contribution in [2.75, 3.05) is 0 Å². The summed E-state index contributed by atoms with van der Waals surface area (Å²) in [4.78, 5) is 5.75. The first-order valence-electron chi connectivity index (χ1n) is 13.1. The molecule has 29 heavy (non-hydrogen) atoms. The molecule has 2 nitrogen and oxygen atoms in total. The monoisotopic (exact) mass is 399 g/mol. The molecule has 4 aliphatic carbocycles. The largest absolute Gasteiger partial charge is 0.393 e. The third-order valence-corrected chi connectivity index (χ3v) is 10.9. The van der Waals surface area contributed by atoms with E-state index < -0.39 is 0 Å². The van der Waals surface area contributed by atoms with Crippen molar-refractivity contribution in [1.82, 2.24) is 0 Å². The lowest BCUT2D eigenvalue weighted by Crippen LogP contribution is -2.57. The molecule has 0 aromatic carbocycles. The normalized spacial score (nSPS) is 49.1. The molecule has 0 radical (unpaired) electrons. The maximum Gasteiger partial charge on any atom is 0.128 e. The summed E-state index contributed by atoms with van der Waals surface area (Å²) in [5.41, 5.74) is 1.00. The second kappa shape index (κ2) is 7.56. The molecule has 0 aromatic heterocycles. The zero-order valence-corrected chi connectivity index (χ0v) is 19.5. The van der Waals surface area contributed by atoms with Gasteiger partial charge in [-0.15, -0.1) is 0 Å². The van der Waals surface area contributed by atoms with Crippen molar-refractivity contribution in [2.45, 2.75) is 111 Å². The number of hydrogen-bond acceptors (Lipinski definition) is 2. The fraction of sp³-hybridized carbons (Fsp3) is 0.963. The molecular weight excluding hydrogens is 354 g/mol. The van der Waals surface area contributed by atoms with Crippen LogP contribution in [0.25, 0.3) is 0 Å². The molecule has 0 saturated heterocycles. The van der Waals surface area contributed by atoms with Crippen LogP contribution in [0.5, 0.6) is 0 Å². The summed E-state index contributed by atoms with van der Waals surface area (Å²) in [5, 5.41) is 4.50. The second-order valence-corrected chi connectivity index (χ2v) is 12.5. The second-order valence-electron chi connectivity index (χ2n) is 12.5. The zero-order valence-electron chi connectivity index (χ0n) is 19.5. The molecule has 2 bridgehead atoms. The quantitative estimate of drug-likeness (QED) is 0.470. The summed E-state index contributed by atoms with van der Waals surface area (Å²) < 4.78 is 0. The van der Waals surface area contributed by atoms with Gasteiger partial charge in [-0.25, -0.2) is 0 Å². The molecule has 0 aromatic rings. The van der Waals surface area contributed by atoms with E-state index in [1.54, 1.807) is 0 Å². The van der Waals surface area contributed by atoms with Crippen LogP contribution in [0.3, 0.4) is 0 Å². The number of hydrogen-bond donors (Lipinski definition) is 0. The highest BCUT2D eigenvalue weighted by Crippen LogP contribution is 2.68. The lowest BCUT2D eigenvalue weighted by Gasteiger charge is -2.61. The van der Waals surface area contributed by atoms with Crippen molar-refractivity contribution < 1.29 is 4.84 Å². The molecule has 0 amide bonds. The number of rotatable bonds is 5. The Morgan fingerprint density at radius 3 is 2.62 bits per heavy atom. The van der Waals surface area contributed by atoms with Crippen molar-refractivity contribution in [3.8, 4) is 0 Å². The van der Waals surface area contributed by atoms with Gasteiger partial charge in [0.1, 0.15) is 6.10 Å². The predicted molar refractivity (Wildman–Crippen MR) is 121 cm³/mol. The van der Waals surface area contributed by atoms with E-state index in [1.807, 2.05) is 0 Å². The standard InChI is InChI=1S/C27H45NO/c1-18(2)6-5-7-19(3)23-12-13-24-22-11-9-20-8-10-21-16-27(20,17-28-29-21)25(22)14-15-26(23,24)4/h17-25H,5-16H2,1-4H3/t19-,20-,21+,22-,23+,24-,25-,26+,27+/m1/s1. The first-order valence-corrected chi connectivity index (χ1v) is 13.1. The Morgan fingerprint density at radius 1 is 0.966 bits per heavy atom. The smallest absolute Gasteiger partial charge is 0.128 e. The van der Waals surface area contributed by atoms with Crippen molar-refractivity contribution in [3.63, 3.8) is 0 Å². The number of fused-ring (bicyclic) bond motifs is 4. The first-order chi connectivity index (χ1) is 13.9. The van der Waals surface area contributed by atoms with Crippen molar-refractivity contribution in [3.05, 3.63) is 0 Å². The third-order valence-electron chi connectivity index (χ3n) is 10.9. The highest BCUT2D eigenvalue weighted by Gasteiger charge is 2.62. The lowest BCUT2D eigenvalue weighted by molar-refractivity contribution is -0.129. The van der Waals surface area contributed by atoms with Gasteiger partial charge in [0.2, 0.25) is 0 Å². The van der Waals surface area contributed by atoms with Gasteiger partial charge >= 0.3 is 0 Å². The molecule has 2 heteroatoms. The SMILES string of the molecule is CC(C)CCC[C@@H](C)[C@@H]1CC[C@@H]2[C@H]3CC[C@H]4CC[C@H]5C[C@@]4(C=NO5)[C@@H]3CC[C@]21C. The molecule has 5 rings (SSSR count). The van der Waals surface area contributed by atoms with Crippen LogP contribution < -0.4 is 0 Å². The average molecular weight is 400 g/mol. The predicted octanol–water partition coefficient (Wildman–Crippen LogP) is 7.47. The number of oxime groups is 1. The Bertz CT molecular complexity index is 628. The summed E-state index contributed by atoms with van der Waals surface area (Å²) in [6.07, 6.45) is 19.9. The van der Waals surface area contributed by atoms with Gasteiger partial charge in [0.15, 0.2) is 0 Å². The van der Waals surface area contributed by atoms with Gasteiger partial charge in [-0.2, -0.15) is 0 Å². The molecule has 0 unspecified atom stereocenters. The molecule has 9 atom stereocenters. The van der Waals surface area contributed by atoms with Crippen LogP contribution in [0, 0.1) is 52.3 Å². The molecule has 1 aliphatic heterocycles. The maximum atomic E-state index is 5.75. The van der Waals surface area contributed by atoms with Crippen LogP contribution in [0.4, 0.5) is 0 Å². The van der Waals surface area contributed by atoms with E-state index in [9.17, 15) is 0 Å². The van der Waals surface area contributed by atoms with Gasteiger partial charge in [-0.05, 0) is 105 Å². The Morgan fingerprint density at radius 2 is 1.79 bits per heavy atom. The van der Waals surface area contributed by atoms with Crippen LogP contribution in [-0.4, -0.2) is 12.3 Å². The zero-order chi connectivity index (χ0) is 20.2. The van der Waals surface area contributed by atoms with Gasteiger partial charge < -0.3 is 4.84 Å².